The number of carbonyl (C=O) groups excluding carboxylic acids is 2. The molecule has 2 aromatic carbocycles. The van der Waals surface area contributed by atoms with Crippen LogP contribution in [0.25, 0.3) is 0 Å². The molecule has 3 atom stereocenters. The molecule has 2 aromatic rings. The van der Waals surface area contributed by atoms with E-state index in [1.807, 2.05) is 59.5 Å². The van der Waals surface area contributed by atoms with Crippen LogP contribution in [0.15, 0.2) is 54.6 Å². The number of hydrogen-bond donors (Lipinski definition) is 2. The predicted octanol–water partition coefficient (Wildman–Crippen LogP) is 2.80. The molecule has 1 aliphatic carbocycles. The highest BCUT2D eigenvalue weighted by molar-refractivity contribution is 5.94. The molecule has 0 spiro atoms. The second-order valence-corrected chi connectivity index (χ2v) is 7.49. The topological polar surface area (TPSA) is 70.7 Å². The maximum absolute atomic E-state index is 12.6. The van der Waals surface area contributed by atoms with Crippen LogP contribution in [0.3, 0.4) is 0 Å². The van der Waals surface area contributed by atoms with E-state index in [1.165, 1.54) is 0 Å². The van der Waals surface area contributed by atoms with Gasteiger partial charge in [-0.2, -0.15) is 0 Å². The van der Waals surface area contributed by atoms with Gasteiger partial charge in [-0.05, 0) is 48.6 Å². The molecule has 0 radical (unpaired) electrons. The fourth-order valence-electron chi connectivity index (χ4n) is 4.28. The van der Waals surface area contributed by atoms with E-state index >= 15 is 0 Å². The van der Waals surface area contributed by atoms with E-state index < -0.39 is 0 Å². The first-order chi connectivity index (χ1) is 13.6. The number of nitrogens with zero attached hydrogens (tertiary/aromatic N) is 1. The van der Waals surface area contributed by atoms with Gasteiger partial charge >= 0.3 is 6.03 Å². The van der Waals surface area contributed by atoms with Crippen LogP contribution in [-0.2, 0) is 6.54 Å². The van der Waals surface area contributed by atoms with Crippen molar-refractivity contribution in [3.05, 3.63) is 65.7 Å². The van der Waals surface area contributed by atoms with E-state index in [0.717, 1.165) is 24.2 Å². The Kier molecular flexibility index (Phi) is 5.19. The molecule has 6 heteroatoms. The fourth-order valence-corrected chi connectivity index (χ4v) is 4.28. The first-order valence-electron chi connectivity index (χ1n) is 9.67. The number of urea groups is 1. The number of methoxy groups -OCH3 is 1. The smallest absolute Gasteiger partial charge is 0.317 e. The summed E-state index contributed by atoms with van der Waals surface area (Å²) in [5, 5.41) is 6.15. The first-order valence-corrected chi connectivity index (χ1v) is 9.67. The van der Waals surface area contributed by atoms with Crippen LogP contribution in [0.4, 0.5) is 4.79 Å². The molecule has 1 saturated heterocycles. The summed E-state index contributed by atoms with van der Waals surface area (Å²) in [4.78, 5) is 26.9. The normalized spacial score (nSPS) is 22.8. The molecule has 0 unspecified atom stereocenters. The summed E-state index contributed by atoms with van der Waals surface area (Å²) in [5.74, 6) is 1.07. The van der Waals surface area contributed by atoms with E-state index in [1.54, 1.807) is 7.11 Å². The third-order valence-corrected chi connectivity index (χ3v) is 5.73. The Bertz CT molecular complexity index is 855. The molecule has 0 aromatic heterocycles. The molecule has 2 N–H and O–H groups in total. The van der Waals surface area contributed by atoms with Gasteiger partial charge in [0.2, 0.25) is 0 Å². The Morgan fingerprint density at radius 2 is 1.93 bits per heavy atom. The Hall–Kier alpha value is -3.02. The number of fused-ring (bicyclic) bond motifs is 2. The standard InChI is InChI=1S/C22H25N3O3/c1-28-19-9-5-6-15(10-19)13-23-22(27)25-14-17-11-18(25)12-20(17)24-21(26)16-7-3-2-4-8-16/h2-10,17-18,20H,11-14H2,1H3,(H,23,27)(H,24,26)/t17-,18-,20-/m0/s1. The lowest BCUT2D eigenvalue weighted by molar-refractivity contribution is 0.0913. The lowest BCUT2D eigenvalue weighted by atomic mass is 10.0. The summed E-state index contributed by atoms with van der Waals surface area (Å²) in [7, 11) is 1.63. The lowest BCUT2D eigenvalue weighted by Crippen LogP contribution is -2.50. The van der Waals surface area contributed by atoms with Crippen LogP contribution in [0.1, 0.15) is 28.8 Å². The zero-order valence-corrected chi connectivity index (χ0v) is 15.9. The molecule has 28 heavy (non-hydrogen) atoms. The zero-order chi connectivity index (χ0) is 19.5. The molecule has 6 nitrogen and oxygen atoms in total. The van der Waals surface area contributed by atoms with Crippen molar-refractivity contribution in [1.29, 1.82) is 0 Å². The number of benzene rings is 2. The Morgan fingerprint density at radius 1 is 1.11 bits per heavy atom. The van der Waals surface area contributed by atoms with E-state index in [2.05, 4.69) is 10.6 Å². The van der Waals surface area contributed by atoms with Gasteiger partial charge in [-0.25, -0.2) is 4.79 Å². The summed E-state index contributed by atoms with van der Waals surface area (Å²) in [6.45, 7) is 1.16. The number of amides is 3. The number of nitrogens with one attached hydrogen (secondary N) is 2. The van der Waals surface area contributed by atoms with Crippen molar-refractivity contribution in [2.75, 3.05) is 13.7 Å². The van der Waals surface area contributed by atoms with Gasteiger partial charge in [-0.1, -0.05) is 30.3 Å². The summed E-state index contributed by atoms with van der Waals surface area (Å²) in [5.41, 5.74) is 1.68. The molecule has 2 aliphatic rings. The minimum Gasteiger partial charge on any atom is -0.497 e. The quantitative estimate of drug-likeness (QED) is 0.839. The molecule has 2 bridgehead atoms. The number of hydrogen-bond acceptors (Lipinski definition) is 3. The first kappa shape index (κ1) is 18.3. The van der Waals surface area contributed by atoms with Gasteiger partial charge in [0.25, 0.3) is 5.91 Å². The second kappa shape index (κ2) is 7.92. The molecule has 1 saturated carbocycles. The molecule has 2 fully saturated rings. The Labute approximate surface area is 164 Å². The highest BCUT2D eigenvalue weighted by atomic mass is 16.5. The van der Waals surface area contributed by atoms with E-state index in [-0.39, 0.29) is 24.0 Å². The van der Waals surface area contributed by atoms with Crippen molar-refractivity contribution < 1.29 is 14.3 Å². The third-order valence-electron chi connectivity index (χ3n) is 5.73. The van der Waals surface area contributed by atoms with Gasteiger partial charge in [-0.15, -0.1) is 0 Å². The highest BCUT2D eigenvalue weighted by Crippen LogP contribution is 2.38. The number of carbonyl (C=O) groups is 2. The molecular formula is C22H25N3O3. The van der Waals surface area contributed by atoms with Crippen molar-refractivity contribution >= 4 is 11.9 Å². The summed E-state index contributed by atoms with van der Waals surface area (Å²) in [6.07, 6.45) is 1.77. The summed E-state index contributed by atoms with van der Waals surface area (Å²) >= 11 is 0. The summed E-state index contributed by atoms with van der Waals surface area (Å²) < 4.78 is 5.22. The average molecular weight is 379 g/mol. The van der Waals surface area contributed by atoms with Crippen molar-refractivity contribution in [3.8, 4) is 5.75 Å². The van der Waals surface area contributed by atoms with Crippen molar-refractivity contribution in [2.45, 2.75) is 31.5 Å². The fraction of sp³-hybridized carbons (Fsp3) is 0.364. The Morgan fingerprint density at radius 3 is 2.64 bits per heavy atom. The molecule has 1 aliphatic heterocycles. The lowest BCUT2D eigenvalue weighted by Gasteiger charge is -2.32. The van der Waals surface area contributed by atoms with Gasteiger partial charge in [0.15, 0.2) is 0 Å². The van der Waals surface area contributed by atoms with Crippen LogP contribution < -0.4 is 15.4 Å². The van der Waals surface area contributed by atoms with Gasteiger partial charge in [0, 0.05) is 30.7 Å². The van der Waals surface area contributed by atoms with E-state index in [9.17, 15) is 9.59 Å². The SMILES string of the molecule is COc1cccc(CNC(=O)N2C[C@@H]3C[C@H]2C[C@@H]3NC(=O)c2ccccc2)c1. The van der Waals surface area contributed by atoms with Crippen LogP contribution in [-0.4, -0.2) is 42.6 Å². The van der Waals surface area contributed by atoms with Crippen molar-refractivity contribution in [3.63, 3.8) is 0 Å². The minimum atomic E-state index is -0.0387. The molecule has 3 amide bonds. The second-order valence-electron chi connectivity index (χ2n) is 7.49. The third kappa shape index (κ3) is 3.81. The van der Waals surface area contributed by atoms with Crippen LogP contribution in [0, 0.1) is 5.92 Å². The largest absolute Gasteiger partial charge is 0.497 e. The van der Waals surface area contributed by atoms with Crippen LogP contribution >= 0.6 is 0 Å². The maximum Gasteiger partial charge on any atom is 0.317 e. The van der Waals surface area contributed by atoms with E-state index in [0.29, 0.717) is 24.6 Å². The Balaban J connectivity index is 1.29. The van der Waals surface area contributed by atoms with Crippen LogP contribution in [0.2, 0.25) is 0 Å². The summed E-state index contributed by atoms with van der Waals surface area (Å²) in [6, 6.07) is 17.2. The number of likely N-dealkylation sites (tertiary alicyclic amines) is 1. The minimum absolute atomic E-state index is 0.0350. The van der Waals surface area contributed by atoms with Crippen molar-refractivity contribution in [1.82, 2.24) is 15.5 Å². The number of rotatable bonds is 5. The molecule has 4 rings (SSSR count). The zero-order valence-electron chi connectivity index (χ0n) is 15.9. The van der Waals surface area contributed by atoms with Gasteiger partial charge in [0.05, 0.1) is 7.11 Å². The van der Waals surface area contributed by atoms with Crippen molar-refractivity contribution in [2.24, 2.45) is 5.92 Å². The molecule has 146 valence electrons. The van der Waals surface area contributed by atoms with Gasteiger partial charge < -0.3 is 20.3 Å². The number of piperidine rings is 1. The van der Waals surface area contributed by atoms with E-state index in [4.69, 9.17) is 4.74 Å². The molecule has 1 heterocycles. The maximum atomic E-state index is 12.6. The van der Waals surface area contributed by atoms with Crippen LogP contribution in [0.5, 0.6) is 5.75 Å². The average Bonchev–Trinajstić information content (AvgIpc) is 3.33. The highest BCUT2D eigenvalue weighted by Gasteiger charge is 2.46. The predicted molar refractivity (Wildman–Crippen MR) is 106 cm³/mol. The number of ether oxygens (including phenoxy) is 1. The van der Waals surface area contributed by atoms with Gasteiger partial charge in [-0.3, -0.25) is 4.79 Å². The van der Waals surface area contributed by atoms with Gasteiger partial charge in [0.1, 0.15) is 5.75 Å². The molecular weight excluding hydrogens is 354 g/mol. The monoisotopic (exact) mass is 379 g/mol.